The molecule has 0 radical (unpaired) electrons. The van der Waals surface area contributed by atoms with E-state index in [1.165, 1.54) is 28.9 Å². The summed E-state index contributed by atoms with van der Waals surface area (Å²) in [6.07, 6.45) is 2.01. The molecule has 2 aliphatic rings. The van der Waals surface area contributed by atoms with Crippen LogP contribution in [0, 0.1) is 17.7 Å². The van der Waals surface area contributed by atoms with Crippen molar-refractivity contribution < 1.29 is 17.6 Å². The Labute approximate surface area is 183 Å². The lowest BCUT2D eigenvalue weighted by Gasteiger charge is -2.30. The number of benzene rings is 2. The summed E-state index contributed by atoms with van der Waals surface area (Å²) in [5.74, 6) is -0.432. The van der Waals surface area contributed by atoms with Crippen molar-refractivity contribution in [3.8, 4) is 0 Å². The number of halogens is 1. The van der Waals surface area contributed by atoms with Gasteiger partial charge >= 0.3 is 0 Å². The molecule has 1 atom stereocenters. The van der Waals surface area contributed by atoms with Crippen LogP contribution in [0.1, 0.15) is 26.2 Å². The first-order valence-corrected chi connectivity index (χ1v) is 12.2. The molecule has 1 unspecified atom stereocenters. The number of carbonyl (C=O) groups excluding carboxylic acids is 1. The second kappa shape index (κ2) is 8.96. The van der Waals surface area contributed by atoms with E-state index in [4.69, 9.17) is 0 Å². The average molecular weight is 446 g/mol. The zero-order valence-electron chi connectivity index (χ0n) is 17.6. The van der Waals surface area contributed by atoms with Crippen LogP contribution in [0.15, 0.2) is 53.4 Å². The minimum absolute atomic E-state index is 0.106. The molecule has 2 aliphatic heterocycles. The molecular formula is C23H28FN3O3S. The summed E-state index contributed by atoms with van der Waals surface area (Å²) in [4.78, 5) is 14.7. The highest BCUT2D eigenvalue weighted by Gasteiger charge is 2.33. The van der Waals surface area contributed by atoms with E-state index in [-0.39, 0.29) is 29.8 Å². The van der Waals surface area contributed by atoms with Gasteiger partial charge in [-0.2, -0.15) is 4.31 Å². The highest BCUT2D eigenvalue weighted by molar-refractivity contribution is 7.89. The maximum atomic E-state index is 14.0. The molecule has 0 aliphatic carbocycles. The predicted octanol–water partition coefficient (Wildman–Crippen LogP) is 3.71. The number of anilines is 2. The summed E-state index contributed by atoms with van der Waals surface area (Å²) >= 11 is 0. The SMILES string of the molecule is CC1CCN(c2ccc(NC(=O)C3CCN(S(=O)(=O)c4ccccc4F)CC3)cc2)C1. The molecule has 6 nitrogen and oxygen atoms in total. The molecule has 1 amide bonds. The standard InChI is InChI=1S/C23H28FN3O3S/c1-17-10-13-26(16-17)20-8-6-19(7-9-20)25-23(28)18-11-14-27(15-12-18)31(29,30)22-5-3-2-4-21(22)24/h2-9,17-18H,10-16H2,1H3,(H,25,28). The molecule has 4 rings (SSSR count). The molecule has 0 spiro atoms. The van der Waals surface area contributed by atoms with Crippen molar-refractivity contribution in [3.63, 3.8) is 0 Å². The van der Waals surface area contributed by atoms with E-state index in [1.54, 1.807) is 0 Å². The monoisotopic (exact) mass is 445 g/mol. The molecule has 2 aromatic rings. The quantitative estimate of drug-likeness (QED) is 0.762. The van der Waals surface area contributed by atoms with Gasteiger partial charge in [0.25, 0.3) is 0 Å². The first kappa shape index (κ1) is 21.8. The van der Waals surface area contributed by atoms with Crippen molar-refractivity contribution in [2.75, 3.05) is 36.4 Å². The van der Waals surface area contributed by atoms with Crippen molar-refractivity contribution in [2.45, 2.75) is 31.1 Å². The van der Waals surface area contributed by atoms with Gasteiger partial charge < -0.3 is 10.2 Å². The molecule has 0 aromatic heterocycles. The summed E-state index contributed by atoms with van der Waals surface area (Å²) in [7, 11) is -3.90. The van der Waals surface area contributed by atoms with Crippen molar-refractivity contribution in [2.24, 2.45) is 11.8 Å². The van der Waals surface area contributed by atoms with E-state index >= 15 is 0 Å². The minimum atomic E-state index is -3.90. The Morgan fingerprint density at radius 3 is 2.29 bits per heavy atom. The van der Waals surface area contributed by atoms with E-state index in [9.17, 15) is 17.6 Å². The highest BCUT2D eigenvalue weighted by atomic mass is 32.2. The second-order valence-electron chi connectivity index (χ2n) is 8.48. The molecule has 2 saturated heterocycles. The lowest BCUT2D eigenvalue weighted by molar-refractivity contribution is -0.120. The van der Waals surface area contributed by atoms with Crippen LogP contribution >= 0.6 is 0 Å². The third-order valence-electron chi connectivity index (χ3n) is 6.20. The van der Waals surface area contributed by atoms with Crippen LogP contribution in [0.2, 0.25) is 0 Å². The average Bonchev–Trinajstić information content (AvgIpc) is 3.21. The Bertz CT molecular complexity index is 1030. The zero-order chi connectivity index (χ0) is 22.0. The molecule has 0 saturated carbocycles. The lowest BCUT2D eigenvalue weighted by atomic mass is 9.97. The van der Waals surface area contributed by atoms with Crippen LogP contribution in [0.25, 0.3) is 0 Å². The van der Waals surface area contributed by atoms with E-state index in [0.29, 0.717) is 18.8 Å². The van der Waals surface area contributed by atoms with Gasteiger partial charge in [-0.3, -0.25) is 4.79 Å². The second-order valence-corrected chi connectivity index (χ2v) is 10.4. The predicted molar refractivity (Wildman–Crippen MR) is 119 cm³/mol. The maximum Gasteiger partial charge on any atom is 0.245 e. The van der Waals surface area contributed by atoms with Crippen molar-refractivity contribution in [1.29, 1.82) is 0 Å². The van der Waals surface area contributed by atoms with E-state index in [2.05, 4.69) is 17.1 Å². The van der Waals surface area contributed by atoms with Gasteiger partial charge in [0.1, 0.15) is 10.7 Å². The number of rotatable bonds is 5. The number of nitrogens with one attached hydrogen (secondary N) is 1. The Balaban J connectivity index is 1.33. The van der Waals surface area contributed by atoms with Gasteiger partial charge in [0, 0.05) is 43.5 Å². The van der Waals surface area contributed by atoms with E-state index in [1.807, 2.05) is 24.3 Å². The van der Waals surface area contributed by atoms with E-state index in [0.717, 1.165) is 30.5 Å². The largest absolute Gasteiger partial charge is 0.371 e. The van der Waals surface area contributed by atoms with Gasteiger partial charge in [-0.1, -0.05) is 19.1 Å². The number of carbonyl (C=O) groups is 1. The van der Waals surface area contributed by atoms with Crippen LogP contribution < -0.4 is 10.2 Å². The van der Waals surface area contributed by atoms with Gasteiger partial charge in [-0.25, -0.2) is 12.8 Å². The van der Waals surface area contributed by atoms with Gasteiger partial charge in [0.2, 0.25) is 15.9 Å². The zero-order valence-corrected chi connectivity index (χ0v) is 18.4. The number of hydrogen-bond donors (Lipinski definition) is 1. The smallest absolute Gasteiger partial charge is 0.245 e. The lowest BCUT2D eigenvalue weighted by Crippen LogP contribution is -2.41. The summed E-state index contributed by atoms with van der Waals surface area (Å²) in [6, 6.07) is 13.3. The topological polar surface area (TPSA) is 69.7 Å². The maximum absolute atomic E-state index is 14.0. The Hall–Kier alpha value is -2.45. The van der Waals surface area contributed by atoms with Crippen molar-refractivity contribution in [1.82, 2.24) is 4.31 Å². The first-order valence-electron chi connectivity index (χ1n) is 10.7. The third-order valence-corrected chi connectivity index (χ3v) is 8.13. The van der Waals surface area contributed by atoms with Gasteiger partial charge in [0.05, 0.1) is 0 Å². The van der Waals surface area contributed by atoms with Crippen molar-refractivity contribution >= 4 is 27.3 Å². The molecule has 31 heavy (non-hydrogen) atoms. The fourth-order valence-corrected chi connectivity index (χ4v) is 5.86. The number of nitrogens with zero attached hydrogens (tertiary/aromatic N) is 2. The Morgan fingerprint density at radius 1 is 1.00 bits per heavy atom. The summed E-state index contributed by atoms with van der Waals surface area (Å²) < 4.78 is 40.7. The minimum Gasteiger partial charge on any atom is -0.371 e. The molecule has 2 aromatic carbocycles. The van der Waals surface area contributed by atoms with Gasteiger partial charge in [-0.15, -0.1) is 0 Å². The van der Waals surface area contributed by atoms with Crippen LogP contribution in [0.4, 0.5) is 15.8 Å². The normalized spacial score (nSPS) is 20.7. The molecule has 166 valence electrons. The molecular weight excluding hydrogens is 417 g/mol. The number of sulfonamides is 1. The van der Waals surface area contributed by atoms with Crippen LogP contribution in [0.5, 0.6) is 0 Å². The summed E-state index contributed by atoms with van der Waals surface area (Å²) in [5.41, 5.74) is 1.90. The van der Waals surface area contributed by atoms with E-state index < -0.39 is 15.8 Å². The van der Waals surface area contributed by atoms with Crippen molar-refractivity contribution in [3.05, 3.63) is 54.3 Å². The van der Waals surface area contributed by atoms with Crippen LogP contribution in [0.3, 0.4) is 0 Å². The summed E-state index contributed by atoms with van der Waals surface area (Å²) in [5, 5.41) is 2.95. The molecule has 2 heterocycles. The van der Waals surface area contributed by atoms with Crippen LogP contribution in [-0.2, 0) is 14.8 Å². The molecule has 8 heteroatoms. The Kier molecular flexibility index (Phi) is 6.29. The Morgan fingerprint density at radius 2 is 1.68 bits per heavy atom. The number of amides is 1. The van der Waals surface area contributed by atoms with Crippen LogP contribution in [-0.4, -0.2) is 44.8 Å². The molecule has 2 fully saturated rings. The fraction of sp³-hybridized carbons (Fsp3) is 0.435. The molecule has 0 bridgehead atoms. The summed E-state index contributed by atoms with van der Waals surface area (Å²) in [6.45, 7) is 4.75. The van der Waals surface area contributed by atoms with Gasteiger partial charge in [-0.05, 0) is 61.6 Å². The first-order chi connectivity index (χ1) is 14.8. The highest BCUT2D eigenvalue weighted by Crippen LogP contribution is 2.27. The number of piperidine rings is 1. The number of hydrogen-bond acceptors (Lipinski definition) is 4. The van der Waals surface area contributed by atoms with Gasteiger partial charge in [0.15, 0.2) is 0 Å². The molecule has 1 N–H and O–H groups in total. The third kappa shape index (κ3) is 4.75. The fourth-order valence-electron chi connectivity index (χ4n) is 4.32.